The molecule has 4 nitrogen and oxygen atoms in total. The van der Waals surface area contributed by atoms with E-state index in [9.17, 15) is 14.0 Å². The normalized spacial score (nSPS) is 11.0. The quantitative estimate of drug-likeness (QED) is 0.667. The van der Waals surface area contributed by atoms with Crippen LogP contribution in [0.2, 0.25) is 0 Å². The maximum Gasteiger partial charge on any atom is 0.328 e. The van der Waals surface area contributed by atoms with Crippen molar-refractivity contribution in [2.45, 2.75) is 32.7 Å². The Morgan fingerprint density at radius 1 is 1.33 bits per heavy atom. The molecular weight excluding hydrogens is 273 g/mol. The summed E-state index contributed by atoms with van der Waals surface area (Å²) < 4.78 is 17.6. The molecular formula is C16H18FNO3. The zero-order chi connectivity index (χ0) is 15.7. The lowest BCUT2D eigenvalue weighted by Gasteiger charge is -2.14. The first-order valence-electron chi connectivity index (χ1n) is 6.71. The molecule has 0 unspecified atom stereocenters. The molecule has 1 amide bonds. The summed E-state index contributed by atoms with van der Waals surface area (Å²) >= 11 is 0. The van der Waals surface area contributed by atoms with Crippen LogP contribution in [-0.2, 0) is 14.3 Å². The van der Waals surface area contributed by atoms with E-state index in [-0.39, 0.29) is 18.3 Å². The van der Waals surface area contributed by atoms with Gasteiger partial charge >= 0.3 is 5.97 Å². The Morgan fingerprint density at radius 3 is 2.57 bits per heavy atom. The van der Waals surface area contributed by atoms with Gasteiger partial charge in [0.05, 0.1) is 6.61 Å². The average molecular weight is 291 g/mol. The van der Waals surface area contributed by atoms with Crippen molar-refractivity contribution in [2.24, 2.45) is 0 Å². The van der Waals surface area contributed by atoms with Gasteiger partial charge in [0, 0.05) is 18.9 Å². The molecule has 0 radical (unpaired) electrons. The maximum absolute atomic E-state index is 12.7. The molecule has 0 spiro atoms. The first kappa shape index (κ1) is 16.7. The number of amides is 1. The van der Waals surface area contributed by atoms with E-state index in [1.807, 2.05) is 0 Å². The highest BCUT2D eigenvalue weighted by Gasteiger charge is 2.19. The Hall–Kier alpha value is -2.35. The fraction of sp³-hybridized carbons (Fsp3) is 0.375. The summed E-state index contributed by atoms with van der Waals surface area (Å²) in [7, 11) is 0. The van der Waals surface area contributed by atoms with Gasteiger partial charge in [-0.1, -0.05) is 11.8 Å². The topological polar surface area (TPSA) is 55.4 Å². The SMILES string of the molecule is CCOC(=O)[C@H](CCC#Cc1ccc(F)cc1)NC(C)=O. The Bertz CT molecular complexity index is 543. The minimum atomic E-state index is -0.690. The van der Waals surface area contributed by atoms with E-state index in [1.54, 1.807) is 19.1 Å². The van der Waals surface area contributed by atoms with E-state index in [2.05, 4.69) is 17.2 Å². The molecule has 0 aliphatic carbocycles. The fourth-order valence-corrected chi connectivity index (χ4v) is 1.65. The van der Waals surface area contributed by atoms with Gasteiger partial charge in [-0.3, -0.25) is 4.79 Å². The minimum absolute atomic E-state index is 0.260. The van der Waals surface area contributed by atoms with Crippen LogP contribution >= 0.6 is 0 Å². The fourth-order valence-electron chi connectivity index (χ4n) is 1.65. The molecule has 1 rings (SSSR count). The van der Waals surface area contributed by atoms with Crippen LogP contribution in [-0.4, -0.2) is 24.5 Å². The van der Waals surface area contributed by atoms with Gasteiger partial charge < -0.3 is 10.1 Å². The lowest BCUT2D eigenvalue weighted by molar-refractivity contribution is -0.147. The maximum atomic E-state index is 12.7. The number of carbonyl (C=O) groups is 2. The van der Waals surface area contributed by atoms with Crippen LogP contribution in [0.5, 0.6) is 0 Å². The van der Waals surface area contributed by atoms with Crippen LogP contribution in [0, 0.1) is 17.7 Å². The molecule has 0 heterocycles. The standard InChI is InChI=1S/C16H18FNO3/c1-3-21-16(20)15(18-12(2)19)7-5-4-6-13-8-10-14(17)11-9-13/h8-11,15H,3,5,7H2,1-2H3,(H,18,19)/t15-/m0/s1. The number of rotatable bonds is 5. The lowest BCUT2D eigenvalue weighted by Crippen LogP contribution is -2.40. The number of ether oxygens (including phenoxy) is 1. The molecule has 112 valence electrons. The molecule has 21 heavy (non-hydrogen) atoms. The molecule has 0 aliphatic rings. The first-order chi connectivity index (χ1) is 10.0. The lowest BCUT2D eigenvalue weighted by atomic mass is 10.1. The Morgan fingerprint density at radius 2 is 2.00 bits per heavy atom. The van der Waals surface area contributed by atoms with E-state index in [0.717, 1.165) is 0 Å². The zero-order valence-electron chi connectivity index (χ0n) is 12.1. The van der Waals surface area contributed by atoms with Gasteiger partial charge in [-0.25, -0.2) is 9.18 Å². The van der Waals surface area contributed by atoms with Crippen molar-refractivity contribution in [3.8, 4) is 11.8 Å². The third-order valence-corrected chi connectivity index (χ3v) is 2.58. The third-order valence-electron chi connectivity index (χ3n) is 2.58. The first-order valence-corrected chi connectivity index (χ1v) is 6.71. The second kappa shape index (κ2) is 8.75. The molecule has 1 N–H and O–H groups in total. The molecule has 0 aromatic heterocycles. The molecule has 5 heteroatoms. The molecule has 0 fully saturated rings. The summed E-state index contributed by atoms with van der Waals surface area (Å²) in [4.78, 5) is 22.7. The summed E-state index contributed by atoms with van der Waals surface area (Å²) in [6.07, 6.45) is 0.785. The van der Waals surface area contributed by atoms with E-state index >= 15 is 0 Å². The minimum Gasteiger partial charge on any atom is -0.464 e. The van der Waals surface area contributed by atoms with Crippen molar-refractivity contribution in [2.75, 3.05) is 6.61 Å². The van der Waals surface area contributed by atoms with Crippen molar-refractivity contribution < 1.29 is 18.7 Å². The van der Waals surface area contributed by atoms with Crippen molar-refractivity contribution in [1.82, 2.24) is 5.32 Å². The van der Waals surface area contributed by atoms with Crippen LogP contribution in [0.1, 0.15) is 32.3 Å². The van der Waals surface area contributed by atoms with Crippen molar-refractivity contribution in [3.05, 3.63) is 35.6 Å². The van der Waals surface area contributed by atoms with E-state index in [1.165, 1.54) is 19.1 Å². The monoisotopic (exact) mass is 291 g/mol. The molecule has 0 saturated heterocycles. The number of nitrogens with one attached hydrogen (secondary N) is 1. The summed E-state index contributed by atoms with van der Waals surface area (Å²) in [5.74, 6) is 4.69. The van der Waals surface area contributed by atoms with Crippen molar-refractivity contribution >= 4 is 11.9 Å². The van der Waals surface area contributed by atoms with Crippen molar-refractivity contribution in [1.29, 1.82) is 0 Å². The van der Waals surface area contributed by atoms with E-state index in [0.29, 0.717) is 18.4 Å². The van der Waals surface area contributed by atoms with Gasteiger partial charge in [-0.2, -0.15) is 0 Å². The highest BCUT2D eigenvalue weighted by Crippen LogP contribution is 2.03. The van der Waals surface area contributed by atoms with Gasteiger partial charge in [0.1, 0.15) is 11.9 Å². The van der Waals surface area contributed by atoms with Crippen LogP contribution in [0.3, 0.4) is 0 Å². The highest BCUT2D eigenvalue weighted by molar-refractivity contribution is 5.83. The van der Waals surface area contributed by atoms with Gasteiger partial charge in [0.15, 0.2) is 0 Å². The predicted octanol–water partition coefficient (Wildman–Crippen LogP) is 2.03. The Balaban J connectivity index is 2.55. The zero-order valence-corrected chi connectivity index (χ0v) is 12.1. The van der Waals surface area contributed by atoms with Crippen molar-refractivity contribution in [3.63, 3.8) is 0 Å². The number of benzene rings is 1. The Labute approximate surface area is 123 Å². The third kappa shape index (κ3) is 6.57. The predicted molar refractivity (Wildman–Crippen MR) is 76.7 cm³/mol. The number of hydrogen-bond donors (Lipinski definition) is 1. The van der Waals surface area contributed by atoms with Crippen LogP contribution in [0.15, 0.2) is 24.3 Å². The molecule has 0 saturated carbocycles. The van der Waals surface area contributed by atoms with Gasteiger partial charge in [0.2, 0.25) is 5.91 Å². The van der Waals surface area contributed by atoms with Crippen LogP contribution < -0.4 is 5.32 Å². The van der Waals surface area contributed by atoms with Crippen LogP contribution in [0.4, 0.5) is 4.39 Å². The van der Waals surface area contributed by atoms with E-state index in [4.69, 9.17) is 4.74 Å². The summed E-state index contributed by atoms with van der Waals surface area (Å²) in [5.41, 5.74) is 0.698. The highest BCUT2D eigenvalue weighted by atomic mass is 19.1. The smallest absolute Gasteiger partial charge is 0.328 e. The average Bonchev–Trinajstić information content (AvgIpc) is 2.44. The number of halogens is 1. The Kier molecular flexibility index (Phi) is 6.96. The van der Waals surface area contributed by atoms with Gasteiger partial charge in [0.25, 0.3) is 0 Å². The molecule has 1 aromatic carbocycles. The largest absolute Gasteiger partial charge is 0.464 e. The van der Waals surface area contributed by atoms with E-state index < -0.39 is 12.0 Å². The number of hydrogen-bond acceptors (Lipinski definition) is 3. The second-order valence-corrected chi connectivity index (χ2v) is 4.35. The molecule has 1 aromatic rings. The molecule has 0 aliphatic heterocycles. The van der Waals surface area contributed by atoms with Gasteiger partial charge in [-0.05, 0) is 37.6 Å². The summed E-state index contributed by atoms with van der Waals surface area (Å²) in [6.45, 7) is 3.31. The molecule has 1 atom stereocenters. The summed E-state index contributed by atoms with van der Waals surface area (Å²) in [6, 6.07) is 5.15. The second-order valence-electron chi connectivity index (χ2n) is 4.35. The number of esters is 1. The van der Waals surface area contributed by atoms with Gasteiger partial charge in [-0.15, -0.1) is 0 Å². The molecule has 0 bridgehead atoms. The summed E-state index contributed by atoms with van der Waals surface area (Å²) in [5, 5.41) is 2.54. The van der Waals surface area contributed by atoms with Crippen LogP contribution in [0.25, 0.3) is 0 Å². The number of carbonyl (C=O) groups excluding carboxylic acids is 2.